The van der Waals surface area contributed by atoms with Crippen molar-refractivity contribution in [2.24, 2.45) is 7.05 Å². The molecule has 0 spiro atoms. The second kappa shape index (κ2) is 11.1. The minimum atomic E-state index is -0.377. The Balaban J connectivity index is 2.00. The number of aromatic nitrogens is 2. The summed E-state index contributed by atoms with van der Waals surface area (Å²) in [4.78, 5) is 26.4. The fourth-order valence-corrected chi connectivity index (χ4v) is 3.21. The van der Waals surface area contributed by atoms with E-state index in [1.165, 1.54) is 16.5 Å². The van der Waals surface area contributed by atoms with Gasteiger partial charge in [-0.1, -0.05) is 39.0 Å². The van der Waals surface area contributed by atoms with Crippen LogP contribution in [0.1, 0.15) is 55.0 Å². The summed E-state index contributed by atoms with van der Waals surface area (Å²) in [6.07, 6.45) is 2.54. The molecule has 2 aromatic rings. The minimum absolute atomic E-state index is 0.154. The minimum Gasteiger partial charge on any atom is -0.491 e. The Morgan fingerprint density at radius 1 is 1.22 bits per heavy atom. The van der Waals surface area contributed by atoms with Crippen molar-refractivity contribution in [3.8, 4) is 5.75 Å². The molecular weight excluding hydrogens is 406 g/mol. The predicted molar refractivity (Wildman–Crippen MR) is 125 cm³/mol. The van der Waals surface area contributed by atoms with Crippen molar-refractivity contribution in [3.63, 3.8) is 0 Å². The van der Waals surface area contributed by atoms with Gasteiger partial charge < -0.3 is 9.47 Å². The van der Waals surface area contributed by atoms with Crippen LogP contribution < -0.4 is 4.74 Å². The molecule has 7 heteroatoms. The van der Waals surface area contributed by atoms with Crippen molar-refractivity contribution in [1.29, 1.82) is 0 Å². The van der Waals surface area contributed by atoms with Gasteiger partial charge in [0.05, 0.1) is 25.5 Å². The van der Waals surface area contributed by atoms with E-state index in [1.54, 1.807) is 19.2 Å². The van der Waals surface area contributed by atoms with E-state index in [1.807, 2.05) is 39.8 Å². The Kier molecular flexibility index (Phi) is 8.78. The predicted octanol–water partition coefficient (Wildman–Crippen LogP) is 3.84. The smallest absolute Gasteiger partial charge is 0.278 e. The molecule has 0 saturated carbocycles. The molecule has 174 valence electrons. The molecule has 1 heterocycles. The van der Waals surface area contributed by atoms with Crippen molar-refractivity contribution < 1.29 is 19.1 Å². The summed E-state index contributed by atoms with van der Waals surface area (Å²) in [5, 5.41) is 4.44. The topological polar surface area (TPSA) is 73.7 Å². The van der Waals surface area contributed by atoms with Crippen LogP contribution in [0.15, 0.2) is 36.9 Å². The number of imide groups is 1. The Morgan fingerprint density at radius 3 is 2.50 bits per heavy atom. The number of nitrogens with zero attached hydrogens (tertiary/aromatic N) is 3. The zero-order valence-corrected chi connectivity index (χ0v) is 20.1. The Labute approximate surface area is 191 Å². The van der Waals surface area contributed by atoms with E-state index < -0.39 is 0 Å². The molecule has 32 heavy (non-hydrogen) atoms. The van der Waals surface area contributed by atoms with Crippen molar-refractivity contribution in [2.45, 2.75) is 46.5 Å². The maximum atomic E-state index is 13.0. The molecule has 7 nitrogen and oxygen atoms in total. The summed E-state index contributed by atoms with van der Waals surface area (Å²) >= 11 is 0. The van der Waals surface area contributed by atoms with E-state index in [9.17, 15) is 9.59 Å². The molecule has 0 aliphatic heterocycles. The highest BCUT2D eigenvalue weighted by molar-refractivity contribution is 6.03. The van der Waals surface area contributed by atoms with Crippen molar-refractivity contribution in [2.75, 3.05) is 26.4 Å². The van der Waals surface area contributed by atoms with Gasteiger partial charge in [-0.05, 0) is 36.6 Å². The molecule has 0 radical (unpaired) electrons. The molecule has 1 aromatic heterocycles. The van der Waals surface area contributed by atoms with Crippen LogP contribution in [0.4, 0.5) is 0 Å². The molecule has 0 N–H and O–H groups in total. The lowest BCUT2D eigenvalue weighted by atomic mass is 9.92. The summed E-state index contributed by atoms with van der Waals surface area (Å²) < 4.78 is 12.8. The fourth-order valence-electron chi connectivity index (χ4n) is 3.21. The Morgan fingerprint density at radius 2 is 1.94 bits per heavy atom. The van der Waals surface area contributed by atoms with Gasteiger partial charge in [0.15, 0.2) is 0 Å². The van der Waals surface area contributed by atoms with Crippen LogP contribution in [0.2, 0.25) is 0 Å². The molecule has 0 aliphatic rings. The van der Waals surface area contributed by atoms with E-state index >= 15 is 0 Å². The molecule has 0 saturated heterocycles. The molecule has 0 unspecified atom stereocenters. The number of hydrogen-bond donors (Lipinski definition) is 0. The average Bonchev–Trinajstić information content (AvgIpc) is 3.11. The van der Waals surface area contributed by atoms with Crippen LogP contribution in [-0.2, 0) is 28.4 Å². The molecule has 0 fully saturated rings. The largest absolute Gasteiger partial charge is 0.491 e. The quantitative estimate of drug-likeness (QED) is 0.414. The molecule has 2 rings (SSSR count). The number of rotatable bonds is 10. The lowest BCUT2D eigenvalue weighted by molar-refractivity contribution is -0.126. The van der Waals surface area contributed by atoms with Gasteiger partial charge >= 0.3 is 0 Å². The lowest BCUT2D eigenvalue weighted by Gasteiger charge is -2.20. The summed E-state index contributed by atoms with van der Waals surface area (Å²) in [7, 11) is 1.71. The maximum absolute atomic E-state index is 13.0. The number of amides is 2. The summed E-state index contributed by atoms with van der Waals surface area (Å²) in [5.74, 6) is 0.0224. The van der Waals surface area contributed by atoms with Crippen LogP contribution in [0.3, 0.4) is 0 Å². The average molecular weight is 442 g/mol. The third-order valence-electron chi connectivity index (χ3n) is 5.08. The third-order valence-corrected chi connectivity index (χ3v) is 5.08. The lowest BCUT2D eigenvalue weighted by Crippen LogP contribution is -2.39. The van der Waals surface area contributed by atoms with Crippen molar-refractivity contribution in [1.82, 2.24) is 14.7 Å². The number of carbonyl (C=O) groups is 2. The maximum Gasteiger partial charge on any atom is 0.278 e. The fraction of sp³-hybridized carbons (Fsp3) is 0.480. The third kappa shape index (κ3) is 6.79. The normalized spacial score (nSPS) is 11.3. The number of hydrogen-bond acceptors (Lipinski definition) is 5. The van der Waals surface area contributed by atoms with Gasteiger partial charge in [0.2, 0.25) is 5.91 Å². The van der Waals surface area contributed by atoms with E-state index in [0.717, 1.165) is 29.0 Å². The van der Waals surface area contributed by atoms with Gasteiger partial charge in [-0.2, -0.15) is 5.10 Å². The highest BCUT2D eigenvalue weighted by atomic mass is 16.5. The first-order valence-corrected chi connectivity index (χ1v) is 10.8. The number of aryl methyl sites for hydroxylation is 2. The second-order valence-corrected chi connectivity index (χ2v) is 8.83. The summed E-state index contributed by atoms with van der Waals surface area (Å²) in [6.45, 7) is 14.6. The zero-order valence-electron chi connectivity index (χ0n) is 20.1. The monoisotopic (exact) mass is 441 g/mol. The molecular formula is C25H35N3O4. The van der Waals surface area contributed by atoms with Gasteiger partial charge in [-0.25, -0.2) is 0 Å². The summed E-state index contributed by atoms with van der Waals surface area (Å²) in [5.41, 5.74) is 3.14. The molecule has 0 aliphatic carbocycles. The van der Waals surface area contributed by atoms with Gasteiger partial charge in [0.25, 0.3) is 5.91 Å². The van der Waals surface area contributed by atoms with Crippen LogP contribution in [0.25, 0.3) is 0 Å². The van der Waals surface area contributed by atoms with E-state index in [2.05, 4.69) is 17.7 Å². The highest BCUT2D eigenvalue weighted by Crippen LogP contribution is 2.22. The molecule has 2 amide bonds. The van der Waals surface area contributed by atoms with Gasteiger partial charge in [-0.3, -0.25) is 19.2 Å². The van der Waals surface area contributed by atoms with E-state index in [0.29, 0.717) is 18.9 Å². The highest BCUT2D eigenvalue weighted by Gasteiger charge is 2.26. The number of carbonyl (C=O) groups excluding carboxylic acids is 2. The number of ether oxygens (including phenoxy) is 2. The summed E-state index contributed by atoms with van der Waals surface area (Å²) in [6, 6.07) is 7.72. The number of benzene rings is 1. The first-order valence-electron chi connectivity index (χ1n) is 10.8. The van der Waals surface area contributed by atoms with Gasteiger partial charge in [0.1, 0.15) is 18.1 Å². The second-order valence-electron chi connectivity index (χ2n) is 8.83. The molecule has 0 atom stereocenters. The molecule has 0 bridgehead atoms. The van der Waals surface area contributed by atoms with Crippen molar-refractivity contribution in [3.05, 3.63) is 59.4 Å². The standard InChI is InChI=1S/C25H35N3O4/c1-8-13-31-14-11-20-9-10-22(18(2)16-20)32-15-12-28(19(3)29)24(30)21-17-23(25(4,5)6)26-27(21)7/h8-10,16-17H,1,11-15H2,2-7H3. The first-order chi connectivity index (χ1) is 15.0. The zero-order chi connectivity index (χ0) is 23.9. The van der Waals surface area contributed by atoms with Crippen LogP contribution in [0, 0.1) is 6.92 Å². The van der Waals surface area contributed by atoms with Gasteiger partial charge in [-0.15, -0.1) is 6.58 Å². The van der Waals surface area contributed by atoms with E-state index in [-0.39, 0.29) is 30.4 Å². The van der Waals surface area contributed by atoms with Crippen LogP contribution in [0.5, 0.6) is 5.75 Å². The van der Waals surface area contributed by atoms with Gasteiger partial charge in [0, 0.05) is 19.4 Å². The van der Waals surface area contributed by atoms with Crippen molar-refractivity contribution >= 4 is 11.8 Å². The van der Waals surface area contributed by atoms with Crippen LogP contribution >= 0.6 is 0 Å². The van der Waals surface area contributed by atoms with Crippen LogP contribution in [-0.4, -0.2) is 52.9 Å². The Hall–Kier alpha value is -2.93. The first kappa shape index (κ1) is 25.3. The SMILES string of the molecule is C=CCOCCc1ccc(OCCN(C(C)=O)C(=O)c2cc(C(C)(C)C)nn2C)c(C)c1. The van der Waals surface area contributed by atoms with E-state index in [4.69, 9.17) is 9.47 Å². The molecule has 1 aromatic carbocycles. The Bertz CT molecular complexity index is 957.